The minimum absolute atomic E-state index is 0.0194. The minimum Gasteiger partial charge on any atom is -0.457 e. The van der Waals surface area contributed by atoms with Crippen molar-refractivity contribution < 1.29 is 14.2 Å². The lowest BCUT2D eigenvalue weighted by molar-refractivity contribution is 0.0631. The summed E-state index contributed by atoms with van der Waals surface area (Å²) in [4.78, 5) is 14.8. The first-order valence-corrected chi connectivity index (χ1v) is 7.44. The molecule has 0 spiro atoms. The van der Waals surface area contributed by atoms with E-state index in [2.05, 4.69) is 33.7 Å². The van der Waals surface area contributed by atoms with Crippen molar-refractivity contribution in [3.05, 3.63) is 5.28 Å². The van der Waals surface area contributed by atoms with Gasteiger partial charge in [0, 0.05) is 13.0 Å². The Morgan fingerprint density at radius 3 is 2.81 bits per heavy atom. The summed E-state index contributed by atoms with van der Waals surface area (Å²) < 4.78 is 16.5. The number of anilines is 1. The van der Waals surface area contributed by atoms with Crippen molar-refractivity contribution in [1.29, 1.82) is 0 Å². The van der Waals surface area contributed by atoms with Crippen LogP contribution in [0.15, 0.2) is 0 Å². The summed E-state index contributed by atoms with van der Waals surface area (Å²) >= 11 is 6.02. The van der Waals surface area contributed by atoms with Crippen molar-refractivity contribution in [1.82, 2.24) is 15.0 Å². The summed E-state index contributed by atoms with van der Waals surface area (Å²) in [6, 6.07) is 0.253. The normalized spacial score (nSPS) is 25.1. The van der Waals surface area contributed by atoms with Crippen molar-refractivity contribution in [2.75, 3.05) is 37.9 Å². The fourth-order valence-electron chi connectivity index (χ4n) is 2.48. The van der Waals surface area contributed by atoms with E-state index in [0.29, 0.717) is 38.9 Å². The molecule has 2 fully saturated rings. The first-order valence-electron chi connectivity index (χ1n) is 7.06. The molecule has 0 N–H and O–H groups in total. The first-order chi connectivity index (χ1) is 10.0. The molecule has 0 bridgehead atoms. The lowest BCUT2D eigenvalue weighted by Gasteiger charge is -2.42. The van der Waals surface area contributed by atoms with Crippen LogP contribution in [0.5, 0.6) is 6.01 Å². The number of ether oxygens (including phenoxy) is 3. The second-order valence-corrected chi connectivity index (χ2v) is 6.15. The number of morpholine rings is 1. The van der Waals surface area contributed by atoms with Gasteiger partial charge in [0.25, 0.3) is 0 Å². The van der Waals surface area contributed by atoms with Crippen LogP contribution in [-0.2, 0) is 9.47 Å². The van der Waals surface area contributed by atoms with Crippen LogP contribution >= 0.6 is 11.6 Å². The molecule has 1 atom stereocenters. The van der Waals surface area contributed by atoms with E-state index >= 15 is 0 Å². The van der Waals surface area contributed by atoms with Crippen LogP contribution in [0.4, 0.5) is 5.95 Å². The maximum atomic E-state index is 6.02. The van der Waals surface area contributed by atoms with Gasteiger partial charge in [-0.05, 0) is 25.4 Å². The number of halogens is 1. The van der Waals surface area contributed by atoms with Crippen molar-refractivity contribution in [2.24, 2.45) is 0 Å². The topological polar surface area (TPSA) is 69.6 Å². The van der Waals surface area contributed by atoms with Gasteiger partial charge in [-0.3, -0.25) is 0 Å². The molecule has 1 aromatic heterocycles. The van der Waals surface area contributed by atoms with Crippen LogP contribution in [0.1, 0.15) is 20.3 Å². The molecule has 21 heavy (non-hydrogen) atoms. The highest BCUT2D eigenvalue weighted by atomic mass is 35.5. The molecular formula is C13H19ClN4O3. The summed E-state index contributed by atoms with van der Waals surface area (Å²) in [6.45, 7) is 7.38. The third-order valence-electron chi connectivity index (χ3n) is 3.62. The van der Waals surface area contributed by atoms with Crippen LogP contribution in [-0.4, -0.2) is 59.6 Å². The Kier molecular flexibility index (Phi) is 4.14. The molecule has 0 aliphatic carbocycles. The Balaban J connectivity index is 1.82. The van der Waals surface area contributed by atoms with Crippen molar-refractivity contribution in [3.63, 3.8) is 0 Å². The highest BCUT2D eigenvalue weighted by Crippen LogP contribution is 2.26. The lowest BCUT2D eigenvalue weighted by atomic mass is 10.0. The van der Waals surface area contributed by atoms with Crippen molar-refractivity contribution in [2.45, 2.75) is 31.9 Å². The average molecular weight is 315 g/mol. The van der Waals surface area contributed by atoms with Crippen LogP contribution in [0.3, 0.4) is 0 Å². The zero-order valence-corrected chi connectivity index (χ0v) is 13.0. The van der Waals surface area contributed by atoms with Crippen LogP contribution in [0, 0.1) is 0 Å². The van der Waals surface area contributed by atoms with Gasteiger partial charge in [-0.15, -0.1) is 0 Å². The predicted molar refractivity (Wildman–Crippen MR) is 76.9 cm³/mol. The Morgan fingerprint density at radius 2 is 2.10 bits per heavy atom. The summed E-state index contributed by atoms with van der Waals surface area (Å²) in [5, 5.41) is 0.135. The third-order valence-corrected chi connectivity index (χ3v) is 3.79. The fourth-order valence-corrected chi connectivity index (χ4v) is 2.63. The standard InChI is InChI=1S/C13H19ClN4O3/c1-13(2)8-20-6-4-18(13)11-15-10(14)16-12(17-11)21-9-3-5-19-7-9/h9H,3-8H2,1-2H3/t9-/m0/s1. The fraction of sp³-hybridized carbons (Fsp3) is 0.769. The summed E-state index contributed by atoms with van der Waals surface area (Å²) in [5.41, 5.74) is -0.198. The van der Waals surface area contributed by atoms with Crippen molar-refractivity contribution in [3.8, 4) is 6.01 Å². The van der Waals surface area contributed by atoms with E-state index in [9.17, 15) is 0 Å². The minimum atomic E-state index is -0.198. The number of rotatable bonds is 3. The number of aromatic nitrogens is 3. The van der Waals surface area contributed by atoms with E-state index in [1.165, 1.54) is 0 Å². The van der Waals surface area contributed by atoms with Gasteiger partial charge in [0.2, 0.25) is 11.2 Å². The van der Waals surface area contributed by atoms with E-state index < -0.39 is 0 Å². The van der Waals surface area contributed by atoms with Gasteiger partial charge in [-0.1, -0.05) is 0 Å². The highest BCUT2D eigenvalue weighted by Gasteiger charge is 2.33. The maximum Gasteiger partial charge on any atom is 0.322 e. The average Bonchev–Trinajstić information content (AvgIpc) is 2.90. The number of hydrogen-bond donors (Lipinski definition) is 0. The summed E-state index contributed by atoms with van der Waals surface area (Å²) in [7, 11) is 0. The maximum absolute atomic E-state index is 6.02. The molecular weight excluding hydrogens is 296 g/mol. The molecule has 0 aromatic carbocycles. The Labute approximate surface area is 128 Å². The molecule has 0 radical (unpaired) electrons. The summed E-state index contributed by atoms with van der Waals surface area (Å²) in [6.07, 6.45) is 0.816. The van der Waals surface area contributed by atoms with E-state index in [1.54, 1.807) is 0 Å². The first kappa shape index (κ1) is 14.7. The SMILES string of the molecule is CC1(C)COCCN1c1nc(Cl)nc(O[C@H]2CCOC2)n1. The molecule has 3 heterocycles. The molecule has 1 aromatic rings. The Morgan fingerprint density at radius 1 is 1.24 bits per heavy atom. The highest BCUT2D eigenvalue weighted by molar-refractivity contribution is 6.28. The van der Waals surface area contributed by atoms with Gasteiger partial charge >= 0.3 is 6.01 Å². The van der Waals surface area contributed by atoms with E-state index in [-0.39, 0.29) is 22.9 Å². The zero-order valence-electron chi connectivity index (χ0n) is 12.2. The van der Waals surface area contributed by atoms with Gasteiger partial charge in [0.1, 0.15) is 6.10 Å². The molecule has 2 aliphatic rings. The van der Waals surface area contributed by atoms with Gasteiger partial charge in [0.15, 0.2) is 0 Å². The second kappa shape index (κ2) is 5.90. The van der Waals surface area contributed by atoms with Crippen LogP contribution in [0.2, 0.25) is 5.28 Å². The number of nitrogens with zero attached hydrogens (tertiary/aromatic N) is 4. The molecule has 0 amide bonds. The quantitative estimate of drug-likeness (QED) is 0.833. The van der Waals surface area contributed by atoms with Gasteiger partial charge < -0.3 is 19.1 Å². The molecule has 0 unspecified atom stereocenters. The predicted octanol–water partition coefficient (Wildman–Crippen LogP) is 1.31. The monoisotopic (exact) mass is 314 g/mol. The van der Waals surface area contributed by atoms with E-state index in [1.807, 2.05) is 0 Å². The lowest BCUT2D eigenvalue weighted by Crippen LogP contribution is -2.54. The smallest absolute Gasteiger partial charge is 0.322 e. The third kappa shape index (κ3) is 3.36. The molecule has 0 saturated carbocycles. The van der Waals surface area contributed by atoms with Gasteiger partial charge in [-0.25, -0.2) is 0 Å². The van der Waals surface area contributed by atoms with Crippen molar-refractivity contribution >= 4 is 17.5 Å². The molecule has 116 valence electrons. The molecule has 2 aliphatic heterocycles. The van der Waals surface area contributed by atoms with Gasteiger partial charge in [0.05, 0.1) is 32.0 Å². The molecule has 3 rings (SSSR count). The van der Waals surface area contributed by atoms with E-state index in [4.69, 9.17) is 25.8 Å². The van der Waals surface area contributed by atoms with Crippen LogP contribution in [0.25, 0.3) is 0 Å². The number of hydrogen-bond acceptors (Lipinski definition) is 7. The zero-order chi connectivity index (χ0) is 14.9. The van der Waals surface area contributed by atoms with E-state index in [0.717, 1.165) is 6.42 Å². The van der Waals surface area contributed by atoms with Crippen LogP contribution < -0.4 is 9.64 Å². The largest absolute Gasteiger partial charge is 0.457 e. The van der Waals surface area contributed by atoms with Gasteiger partial charge in [-0.2, -0.15) is 15.0 Å². The molecule has 8 heteroatoms. The molecule has 2 saturated heterocycles. The Bertz CT molecular complexity index is 508. The molecule has 7 nitrogen and oxygen atoms in total. The summed E-state index contributed by atoms with van der Waals surface area (Å²) in [5.74, 6) is 0.525. The second-order valence-electron chi connectivity index (χ2n) is 5.81. The Hall–Kier alpha value is -1.18.